The molecule has 1 fully saturated rings. The largest absolute Gasteiger partial charge is 0.494 e. The zero-order chi connectivity index (χ0) is 15.3. The van der Waals surface area contributed by atoms with E-state index in [1.807, 2.05) is 0 Å². The van der Waals surface area contributed by atoms with Gasteiger partial charge in [0.2, 0.25) is 0 Å². The average Bonchev–Trinajstić information content (AvgIpc) is 2.48. The number of methoxy groups -OCH3 is 1. The molecule has 1 aliphatic carbocycles. The molecule has 2 rings (SSSR count). The molecular formula is C17H24FNO2. The Morgan fingerprint density at radius 3 is 2.62 bits per heavy atom. The molecule has 0 saturated heterocycles. The first-order chi connectivity index (χ1) is 10.1. The Hall–Kier alpha value is -1.42. The standard InChI is InChI=1S/C17H24FNO2/c1-21-16-6-5-13(10-15(16)18)9-14(20)11-17(12-19)7-3-2-4-8-17/h5-6,10H,2-4,7-9,11-12,19H2,1H3. The number of nitrogens with two attached hydrogens (primary N) is 1. The van der Waals surface area contributed by atoms with Crippen molar-refractivity contribution in [2.24, 2.45) is 11.1 Å². The van der Waals surface area contributed by atoms with E-state index in [2.05, 4.69) is 0 Å². The first kappa shape index (κ1) is 16.0. The van der Waals surface area contributed by atoms with Crippen LogP contribution in [0.1, 0.15) is 44.1 Å². The summed E-state index contributed by atoms with van der Waals surface area (Å²) in [6, 6.07) is 4.69. The fourth-order valence-electron chi connectivity index (χ4n) is 3.28. The molecule has 3 nitrogen and oxygen atoms in total. The topological polar surface area (TPSA) is 52.3 Å². The summed E-state index contributed by atoms with van der Waals surface area (Å²) < 4.78 is 18.5. The van der Waals surface area contributed by atoms with Crippen molar-refractivity contribution < 1.29 is 13.9 Å². The van der Waals surface area contributed by atoms with Gasteiger partial charge in [0.15, 0.2) is 11.6 Å². The smallest absolute Gasteiger partial charge is 0.165 e. The second kappa shape index (κ2) is 7.03. The van der Waals surface area contributed by atoms with E-state index in [1.165, 1.54) is 19.6 Å². The Kier molecular flexibility index (Phi) is 5.34. The lowest BCUT2D eigenvalue weighted by Crippen LogP contribution is -2.35. The van der Waals surface area contributed by atoms with E-state index in [9.17, 15) is 9.18 Å². The van der Waals surface area contributed by atoms with Crippen molar-refractivity contribution in [2.45, 2.75) is 44.9 Å². The minimum Gasteiger partial charge on any atom is -0.494 e. The van der Waals surface area contributed by atoms with Gasteiger partial charge < -0.3 is 10.5 Å². The van der Waals surface area contributed by atoms with Gasteiger partial charge in [-0.3, -0.25) is 4.79 Å². The molecule has 21 heavy (non-hydrogen) atoms. The van der Waals surface area contributed by atoms with Gasteiger partial charge in [-0.2, -0.15) is 0 Å². The zero-order valence-electron chi connectivity index (χ0n) is 12.7. The first-order valence-electron chi connectivity index (χ1n) is 7.63. The Morgan fingerprint density at radius 1 is 1.33 bits per heavy atom. The van der Waals surface area contributed by atoms with Crippen molar-refractivity contribution >= 4 is 5.78 Å². The van der Waals surface area contributed by atoms with Crippen LogP contribution in [0.2, 0.25) is 0 Å². The normalized spacial score (nSPS) is 17.5. The average molecular weight is 293 g/mol. The first-order valence-corrected chi connectivity index (χ1v) is 7.63. The quantitative estimate of drug-likeness (QED) is 0.876. The van der Waals surface area contributed by atoms with Crippen LogP contribution in [0.15, 0.2) is 18.2 Å². The van der Waals surface area contributed by atoms with Crippen LogP contribution in [0.5, 0.6) is 5.75 Å². The fourth-order valence-corrected chi connectivity index (χ4v) is 3.28. The van der Waals surface area contributed by atoms with Crippen molar-refractivity contribution in [2.75, 3.05) is 13.7 Å². The molecule has 116 valence electrons. The molecule has 0 spiro atoms. The third-order valence-corrected chi connectivity index (χ3v) is 4.54. The maximum atomic E-state index is 13.6. The molecule has 2 N–H and O–H groups in total. The number of benzene rings is 1. The maximum Gasteiger partial charge on any atom is 0.165 e. The number of halogens is 1. The van der Waals surface area contributed by atoms with E-state index in [1.54, 1.807) is 12.1 Å². The molecular weight excluding hydrogens is 269 g/mol. The van der Waals surface area contributed by atoms with Crippen molar-refractivity contribution in [3.05, 3.63) is 29.6 Å². The third kappa shape index (κ3) is 4.03. The Morgan fingerprint density at radius 2 is 2.05 bits per heavy atom. The molecule has 0 aliphatic heterocycles. The number of rotatable bonds is 6. The van der Waals surface area contributed by atoms with Crippen LogP contribution < -0.4 is 10.5 Å². The fraction of sp³-hybridized carbons (Fsp3) is 0.588. The van der Waals surface area contributed by atoms with Gasteiger partial charge in [-0.15, -0.1) is 0 Å². The SMILES string of the molecule is COc1ccc(CC(=O)CC2(CN)CCCCC2)cc1F. The van der Waals surface area contributed by atoms with Gasteiger partial charge in [0.1, 0.15) is 5.78 Å². The van der Waals surface area contributed by atoms with Gasteiger partial charge in [-0.1, -0.05) is 25.3 Å². The predicted molar refractivity (Wildman–Crippen MR) is 80.9 cm³/mol. The highest BCUT2D eigenvalue weighted by molar-refractivity contribution is 5.81. The third-order valence-electron chi connectivity index (χ3n) is 4.54. The molecule has 0 heterocycles. The number of carbonyl (C=O) groups excluding carboxylic acids is 1. The molecule has 1 aromatic rings. The molecule has 1 aliphatic rings. The zero-order valence-corrected chi connectivity index (χ0v) is 12.7. The molecule has 0 amide bonds. The summed E-state index contributed by atoms with van der Waals surface area (Å²) in [4.78, 5) is 12.3. The van der Waals surface area contributed by atoms with Crippen molar-refractivity contribution in [3.63, 3.8) is 0 Å². The molecule has 0 unspecified atom stereocenters. The number of carbonyl (C=O) groups is 1. The lowest BCUT2D eigenvalue weighted by Gasteiger charge is -2.35. The number of hydrogen-bond acceptors (Lipinski definition) is 3. The summed E-state index contributed by atoms with van der Waals surface area (Å²) in [5.74, 6) is -0.0715. The Labute approximate surface area is 125 Å². The summed E-state index contributed by atoms with van der Waals surface area (Å²) in [5, 5.41) is 0. The van der Waals surface area contributed by atoms with Crippen LogP contribution in [0.3, 0.4) is 0 Å². The van der Waals surface area contributed by atoms with E-state index in [0.717, 1.165) is 25.7 Å². The summed E-state index contributed by atoms with van der Waals surface area (Å²) in [6.45, 7) is 0.565. The second-order valence-electron chi connectivity index (χ2n) is 6.13. The van der Waals surface area contributed by atoms with Gasteiger partial charge in [0.25, 0.3) is 0 Å². The highest BCUT2D eigenvalue weighted by Gasteiger charge is 2.32. The molecule has 0 bridgehead atoms. The van der Waals surface area contributed by atoms with Crippen LogP contribution in [0.4, 0.5) is 4.39 Å². The molecule has 0 atom stereocenters. The molecule has 0 aromatic heterocycles. The Bertz CT molecular complexity index is 496. The number of Topliss-reactive ketones (excluding diaryl/α,β-unsaturated/α-hetero) is 1. The Balaban J connectivity index is 1.99. The predicted octanol–water partition coefficient (Wildman–Crippen LogP) is 3.25. The van der Waals surface area contributed by atoms with Crippen LogP contribution in [0, 0.1) is 11.2 Å². The van der Waals surface area contributed by atoms with Crippen LogP contribution >= 0.6 is 0 Å². The van der Waals surface area contributed by atoms with Gasteiger partial charge in [0.05, 0.1) is 7.11 Å². The van der Waals surface area contributed by atoms with Gasteiger partial charge in [0, 0.05) is 12.8 Å². The lowest BCUT2D eigenvalue weighted by molar-refractivity contribution is -0.121. The highest BCUT2D eigenvalue weighted by atomic mass is 19.1. The van der Waals surface area contributed by atoms with Gasteiger partial charge in [-0.25, -0.2) is 4.39 Å². The number of hydrogen-bond donors (Lipinski definition) is 1. The summed E-state index contributed by atoms with van der Waals surface area (Å²) >= 11 is 0. The van der Waals surface area contributed by atoms with Crippen molar-refractivity contribution in [1.82, 2.24) is 0 Å². The van der Waals surface area contributed by atoms with Gasteiger partial charge in [-0.05, 0) is 42.5 Å². The van der Waals surface area contributed by atoms with E-state index in [4.69, 9.17) is 10.5 Å². The monoisotopic (exact) mass is 293 g/mol. The lowest BCUT2D eigenvalue weighted by atomic mass is 9.70. The van der Waals surface area contributed by atoms with Crippen LogP contribution in [-0.4, -0.2) is 19.4 Å². The van der Waals surface area contributed by atoms with Crippen molar-refractivity contribution in [3.8, 4) is 5.75 Å². The molecule has 0 radical (unpaired) electrons. The summed E-state index contributed by atoms with van der Waals surface area (Å²) in [6.07, 6.45) is 6.39. The maximum absolute atomic E-state index is 13.6. The minimum atomic E-state index is -0.422. The number of ether oxygens (including phenoxy) is 1. The minimum absolute atomic E-state index is 0.0274. The van der Waals surface area contributed by atoms with E-state index in [0.29, 0.717) is 18.5 Å². The van der Waals surface area contributed by atoms with E-state index >= 15 is 0 Å². The number of ketones is 1. The molecule has 1 saturated carbocycles. The van der Waals surface area contributed by atoms with Crippen molar-refractivity contribution in [1.29, 1.82) is 0 Å². The molecule has 1 aromatic carbocycles. The second-order valence-corrected chi connectivity index (χ2v) is 6.13. The molecule has 4 heteroatoms. The summed E-state index contributed by atoms with van der Waals surface area (Å²) in [5.41, 5.74) is 6.58. The summed E-state index contributed by atoms with van der Waals surface area (Å²) in [7, 11) is 1.43. The van der Waals surface area contributed by atoms with Gasteiger partial charge >= 0.3 is 0 Å². The van der Waals surface area contributed by atoms with E-state index in [-0.39, 0.29) is 23.4 Å². The van der Waals surface area contributed by atoms with Crippen LogP contribution in [0.25, 0.3) is 0 Å². The van der Waals surface area contributed by atoms with E-state index < -0.39 is 5.82 Å². The highest BCUT2D eigenvalue weighted by Crippen LogP contribution is 2.38. The van der Waals surface area contributed by atoms with Crippen LogP contribution in [-0.2, 0) is 11.2 Å².